The molecule has 0 spiro atoms. The highest BCUT2D eigenvalue weighted by Gasteiger charge is 2.11. The van der Waals surface area contributed by atoms with Crippen LogP contribution in [-0.4, -0.2) is 5.16 Å². The van der Waals surface area contributed by atoms with Gasteiger partial charge in [0.05, 0.1) is 15.7 Å². The van der Waals surface area contributed by atoms with Gasteiger partial charge in [-0.25, -0.2) is 0 Å². The molecule has 78 valence electrons. The van der Waals surface area contributed by atoms with Crippen LogP contribution in [-0.2, 0) is 6.54 Å². The van der Waals surface area contributed by atoms with Crippen LogP contribution in [0.15, 0.2) is 28.8 Å². The van der Waals surface area contributed by atoms with E-state index >= 15 is 0 Å². The molecular weight excluding hydrogens is 235 g/mol. The summed E-state index contributed by atoms with van der Waals surface area (Å²) in [4.78, 5) is 0. The first-order valence-electron chi connectivity index (χ1n) is 4.32. The van der Waals surface area contributed by atoms with Crippen molar-refractivity contribution < 1.29 is 4.52 Å². The largest absolute Gasteiger partial charge is 0.356 e. The van der Waals surface area contributed by atoms with Gasteiger partial charge < -0.3 is 10.3 Å². The number of nitrogens with two attached hydrogens (primary N) is 1. The van der Waals surface area contributed by atoms with Crippen LogP contribution in [0.5, 0.6) is 0 Å². The molecule has 0 bridgehead atoms. The van der Waals surface area contributed by atoms with E-state index in [1.54, 1.807) is 18.2 Å². The number of hydrogen-bond acceptors (Lipinski definition) is 3. The average Bonchev–Trinajstić information content (AvgIpc) is 2.70. The Kier molecular flexibility index (Phi) is 2.95. The van der Waals surface area contributed by atoms with Crippen LogP contribution in [0.3, 0.4) is 0 Å². The van der Waals surface area contributed by atoms with E-state index in [-0.39, 0.29) is 0 Å². The summed E-state index contributed by atoms with van der Waals surface area (Å²) in [6.45, 7) is 0.335. The van der Waals surface area contributed by atoms with E-state index in [0.29, 0.717) is 28.0 Å². The van der Waals surface area contributed by atoms with Gasteiger partial charge in [-0.05, 0) is 12.1 Å². The lowest BCUT2D eigenvalue weighted by atomic mass is 10.1. The van der Waals surface area contributed by atoms with Crippen LogP contribution in [0.4, 0.5) is 0 Å². The topological polar surface area (TPSA) is 52.0 Å². The molecular formula is C10H8Cl2N2O. The Morgan fingerprint density at radius 1 is 1.33 bits per heavy atom. The Bertz CT molecular complexity index is 482. The van der Waals surface area contributed by atoms with Crippen molar-refractivity contribution in [3.63, 3.8) is 0 Å². The predicted molar refractivity (Wildman–Crippen MR) is 59.9 cm³/mol. The summed E-state index contributed by atoms with van der Waals surface area (Å²) >= 11 is 11.9. The van der Waals surface area contributed by atoms with Gasteiger partial charge in [-0.15, -0.1) is 0 Å². The maximum atomic E-state index is 6.03. The van der Waals surface area contributed by atoms with Crippen molar-refractivity contribution >= 4 is 23.2 Å². The van der Waals surface area contributed by atoms with Crippen molar-refractivity contribution in [3.05, 3.63) is 40.0 Å². The normalized spacial score (nSPS) is 10.6. The van der Waals surface area contributed by atoms with Gasteiger partial charge in [-0.1, -0.05) is 34.4 Å². The van der Waals surface area contributed by atoms with Crippen molar-refractivity contribution in [2.75, 3.05) is 0 Å². The maximum Gasteiger partial charge on any atom is 0.168 e. The second-order valence-electron chi connectivity index (χ2n) is 2.99. The molecule has 0 saturated heterocycles. The molecule has 2 N–H and O–H groups in total. The fourth-order valence-electron chi connectivity index (χ4n) is 1.23. The smallest absolute Gasteiger partial charge is 0.168 e. The Hall–Kier alpha value is -1.03. The lowest BCUT2D eigenvalue weighted by molar-refractivity contribution is 0.424. The molecule has 5 heteroatoms. The van der Waals surface area contributed by atoms with Gasteiger partial charge in [0.2, 0.25) is 0 Å². The molecule has 2 rings (SSSR count). The molecule has 0 fully saturated rings. The van der Waals surface area contributed by atoms with Gasteiger partial charge in [0.15, 0.2) is 5.76 Å². The van der Waals surface area contributed by atoms with Gasteiger partial charge in [-0.2, -0.15) is 0 Å². The fourth-order valence-corrected chi connectivity index (χ4v) is 1.62. The van der Waals surface area contributed by atoms with Crippen molar-refractivity contribution in [1.82, 2.24) is 5.16 Å². The van der Waals surface area contributed by atoms with Crippen molar-refractivity contribution in [2.24, 2.45) is 5.73 Å². The number of hydrogen-bond donors (Lipinski definition) is 1. The maximum absolute atomic E-state index is 6.03. The Morgan fingerprint density at radius 3 is 2.80 bits per heavy atom. The molecule has 0 atom stereocenters. The SMILES string of the molecule is NCc1cc(-c2cccc(Cl)c2Cl)on1. The molecule has 0 saturated carbocycles. The molecule has 0 unspecified atom stereocenters. The first-order valence-corrected chi connectivity index (χ1v) is 5.08. The minimum Gasteiger partial charge on any atom is -0.356 e. The van der Waals surface area contributed by atoms with Gasteiger partial charge in [0.25, 0.3) is 0 Å². The highest BCUT2D eigenvalue weighted by molar-refractivity contribution is 6.43. The standard InChI is InChI=1S/C10H8Cl2N2O/c11-8-3-1-2-7(10(8)12)9-4-6(5-13)14-15-9/h1-4H,5,13H2. The molecule has 1 aromatic carbocycles. The molecule has 0 aliphatic carbocycles. The third-order valence-corrected chi connectivity index (χ3v) is 2.80. The number of nitrogens with zero attached hydrogens (tertiary/aromatic N) is 1. The third kappa shape index (κ3) is 2.00. The highest BCUT2D eigenvalue weighted by atomic mass is 35.5. The van der Waals surface area contributed by atoms with E-state index in [1.807, 2.05) is 6.07 Å². The molecule has 0 radical (unpaired) electrons. The van der Waals surface area contributed by atoms with Crippen LogP contribution in [0.2, 0.25) is 10.0 Å². The minimum absolute atomic E-state index is 0.335. The fraction of sp³-hybridized carbons (Fsp3) is 0.100. The Morgan fingerprint density at radius 2 is 2.13 bits per heavy atom. The average molecular weight is 243 g/mol. The quantitative estimate of drug-likeness (QED) is 0.881. The van der Waals surface area contributed by atoms with Gasteiger partial charge >= 0.3 is 0 Å². The van der Waals surface area contributed by atoms with E-state index in [2.05, 4.69) is 5.16 Å². The van der Waals surface area contributed by atoms with Gasteiger partial charge in [0, 0.05) is 18.2 Å². The lowest BCUT2D eigenvalue weighted by Crippen LogP contribution is -1.94. The first-order chi connectivity index (χ1) is 7.22. The summed E-state index contributed by atoms with van der Waals surface area (Å²) in [5.41, 5.74) is 6.83. The number of benzene rings is 1. The zero-order valence-electron chi connectivity index (χ0n) is 7.71. The monoisotopic (exact) mass is 242 g/mol. The summed E-state index contributed by atoms with van der Waals surface area (Å²) < 4.78 is 5.10. The summed E-state index contributed by atoms with van der Waals surface area (Å²) in [6, 6.07) is 7.08. The van der Waals surface area contributed by atoms with Crippen LogP contribution in [0.1, 0.15) is 5.69 Å². The molecule has 3 nitrogen and oxygen atoms in total. The van der Waals surface area contributed by atoms with Crippen molar-refractivity contribution in [3.8, 4) is 11.3 Å². The molecule has 0 aliphatic rings. The van der Waals surface area contributed by atoms with Crippen LogP contribution in [0, 0.1) is 0 Å². The van der Waals surface area contributed by atoms with Gasteiger partial charge in [-0.3, -0.25) is 0 Å². The second kappa shape index (κ2) is 4.23. The number of rotatable bonds is 2. The minimum atomic E-state index is 0.335. The summed E-state index contributed by atoms with van der Waals surface area (Å²) in [7, 11) is 0. The first kappa shape index (κ1) is 10.5. The summed E-state index contributed by atoms with van der Waals surface area (Å²) in [5, 5.41) is 4.72. The van der Waals surface area contributed by atoms with E-state index in [0.717, 1.165) is 5.56 Å². The summed E-state index contributed by atoms with van der Waals surface area (Å²) in [5.74, 6) is 0.572. The molecule has 0 amide bonds. The van der Waals surface area contributed by atoms with E-state index in [4.69, 9.17) is 33.5 Å². The number of aromatic nitrogens is 1. The van der Waals surface area contributed by atoms with E-state index in [1.165, 1.54) is 0 Å². The van der Waals surface area contributed by atoms with Crippen molar-refractivity contribution in [1.29, 1.82) is 0 Å². The Labute approximate surface area is 96.8 Å². The van der Waals surface area contributed by atoms with Gasteiger partial charge in [0.1, 0.15) is 0 Å². The Balaban J connectivity index is 2.49. The zero-order chi connectivity index (χ0) is 10.8. The third-order valence-electron chi connectivity index (χ3n) is 1.99. The molecule has 2 aromatic rings. The van der Waals surface area contributed by atoms with Crippen LogP contribution in [0.25, 0.3) is 11.3 Å². The van der Waals surface area contributed by atoms with E-state index in [9.17, 15) is 0 Å². The van der Waals surface area contributed by atoms with E-state index < -0.39 is 0 Å². The number of halogens is 2. The molecule has 1 heterocycles. The van der Waals surface area contributed by atoms with Crippen LogP contribution >= 0.6 is 23.2 Å². The second-order valence-corrected chi connectivity index (χ2v) is 3.77. The lowest BCUT2D eigenvalue weighted by Gasteiger charge is -2.00. The zero-order valence-corrected chi connectivity index (χ0v) is 9.22. The van der Waals surface area contributed by atoms with Crippen LogP contribution < -0.4 is 5.73 Å². The molecule has 15 heavy (non-hydrogen) atoms. The van der Waals surface area contributed by atoms with Crippen molar-refractivity contribution in [2.45, 2.75) is 6.54 Å². The molecule has 1 aromatic heterocycles. The predicted octanol–water partition coefficient (Wildman–Crippen LogP) is 3.11. The summed E-state index contributed by atoms with van der Waals surface area (Å²) in [6.07, 6.45) is 0. The highest BCUT2D eigenvalue weighted by Crippen LogP contribution is 2.33. The molecule has 0 aliphatic heterocycles.